The molecule has 0 aliphatic heterocycles. The number of nitrogens with zero attached hydrogens (tertiary/aromatic N) is 1. The van der Waals surface area contributed by atoms with Crippen LogP contribution in [0.4, 0.5) is 0 Å². The zero-order valence-electron chi connectivity index (χ0n) is 8.77. The van der Waals surface area contributed by atoms with Crippen LogP contribution in [-0.4, -0.2) is 11.0 Å². The van der Waals surface area contributed by atoms with Gasteiger partial charge in [0.15, 0.2) is 0 Å². The lowest BCUT2D eigenvalue weighted by atomic mass is 10.0. The molecule has 15 heavy (non-hydrogen) atoms. The Morgan fingerprint density at radius 2 is 2.07 bits per heavy atom. The van der Waals surface area contributed by atoms with Crippen LogP contribution in [0.2, 0.25) is 0 Å². The molecule has 2 N–H and O–H groups in total. The molecule has 2 aromatic rings. The van der Waals surface area contributed by atoms with Crippen LogP contribution in [0.25, 0.3) is 10.9 Å². The van der Waals surface area contributed by atoms with Crippen molar-refractivity contribution in [2.75, 3.05) is 0 Å². The first-order valence-corrected chi connectivity index (χ1v) is 5.37. The maximum absolute atomic E-state index is 5.92. The van der Waals surface area contributed by atoms with E-state index in [0.29, 0.717) is 12.0 Å². The Balaban J connectivity index is 2.26. The van der Waals surface area contributed by atoms with Crippen LogP contribution in [0.3, 0.4) is 0 Å². The van der Waals surface area contributed by atoms with E-state index in [-0.39, 0.29) is 0 Å². The molecule has 0 amide bonds. The first kappa shape index (κ1) is 8.86. The number of aromatic nitrogens is 1. The Bertz CT molecular complexity index is 519. The average Bonchev–Trinajstić information content (AvgIpc) is 2.94. The molecule has 1 aliphatic carbocycles. The van der Waals surface area contributed by atoms with Crippen molar-refractivity contribution in [2.45, 2.75) is 25.3 Å². The van der Waals surface area contributed by atoms with Crippen molar-refractivity contribution >= 4 is 10.9 Å². The predicted molar refractivity (Wildman–Crippen MR) is 61.8 cm³/mol. The molecular weight excluding hydrogens is 184 g/mol. The van der Waals surface area contributed by atoms with E-state index in [4.69, 9.17) is 5.73 Å². The first-order chi connectivity index (χ1) is 7.25. The molecule has 0 radical (unpaired) electrons. The summed E-state index contributed by atoms with van der Waals surface area (Å²) in [5.74, 6) is 0.552. The zero-order chi connectivity index (χ0) is 10.4. The molecule has 1 aromatic heterocycles. The van der Waals surface area contributed by atoms with Crippen molar-refractivity contribution in [3.05, 3.63) is 41.6 Å². The van der Waals surface area contributed by atoms with Crippen molar-refractivity contribution < 1.29 is 0 Å². The molecule has 76 valence electrons. The van der Waals surface area contributed by atoms with E-state index in [2.05, 4.69) is 29.2 Å². The van der Waals surface area contributed by atoms with Gasteiger partial charge in [-0.25, -0.2) is 0 Å². The van der Waals surface area contributed by atoms with Crippen molar-refractivity contribution in [2.24, 2.45) is 5.73 Å². The van der Waals surface area contributed by atoms with Crippen LogP contribution < -0.4 is 5.73 Å². The lowest BCUT2D eigenvalue weighted by Gasteiger charge is -2.06. The quantitative estimate of drug-likeness (QED) is 0.764. The van der Waals surface area contributed by atoms with E-state index < -0.39 is 0 Å². The fourth-order valence-corrected chi connectivity index (χ4v) is 2.22. The Labute approximate surface area is 89.1 Å². The molecule has 1 fully saturated rings. The highest BCUT2D eigenvalue weighted by molar-refractivity contribution is 5.83. The molecule has 2 unspecified atom stereocenters. The van der Waals surface area contributed by atoms with Crippen molar-refractivity contribution in [3.8, 4) is 0 Å². The highest BCUT2D eigenvalue weighted by atomic mass is 14.8. The molecule has 1 saturated carbocycles. The van der Waals surface area contributed by atoms with Crippen LogP contribution in [0, 0.1) is 6.92 Å². The number of para-hydroxylation sites is 1. The van der Waals surface area contributed by atoms with Gasteiger partial charge in [-0.3, -0.25) is 4.98 Å². The van der Waals surface area contributed by atoms with Crippen LogP contribution in [0.15, 0.2) is 30.3 Å². The number of hydrogen-bond acceptors (Lipinski definition) is 2. The second-order valence-corrected chi connectivity index (χ2v) is 4.38. The Kier molecular flexibility index (Phi) is 1.80. The molecule has 2 nitrogen and oxygen atoms in total. The van der Waals surface area contributed by atoms with Crippen LogP contribution in [0.5, 0.6) is 0 Å². The number of benzene rings is 1. The first-order valence-electron chi connectivity index (χ1n) is 5.37. The Hall–Kier alpha value is -1.41. The van der Waals surface area contributed by atoms with Gasteiger partial charge in [-0.15, -0.1) is 0 Å². The molecule has 1 aliphatic rings. The van der Waals surface area contributed by atoms with Gasteiger partial charge in [-0.1, -0.05) is 18.2 Å². The van der Waals surface area contributed by atoms with Gasteiger partial charge in [-0.2, -0.15) is 0 Å². The molecule has 2 heteroatoms. The largest absolute Gasteiger partial charge is 0.327 e. The molecule has 2 atom stereocenters. The summed E-state index contributed by atoms with van der Waals surface area (Å²) in [7, 11) is 0. The monoisotopic (exact) mass is 198 g/mol. The molecule has 1 heterocycles. The summed E-state index contributed by atoms with van der Waals surface area (Å²) in [5.41, 5.74) is 9.47. The van der Waals surface area contributed by atoms with Crippen LogP contribution >= 0.6 is 0 Å². The molecule has 0 bridgehead atoms. The fourth-order valence-electron chi connectivity index (χ4n) is 2.22. The smallest absolute Gasteiger partial charge is 0.0708 e. The van der Waals surface area contributed by atoms with E-state index >= 15 is 0 Å². The summed E-state index contributed by atoms with van der Waals surface area (Å²) in [5, 5.41) is 1.26. The lowest BCUT2D eigenvalue weighted by Crippen LogP contribution is -2.02. The predicted octanol–water partition coefficient (Wildman–Crippen LogP) is 2.36. The normalized spacial score (nSPS) is 24.4. The maximum atomic E-state index is 5.92. The third-order valence-corrected chi connectivity index (χ3v) is 3.12. The van der Waals surface area contributed by atoms with Gasteiger partial charge in [0.05, 0.1) is 5.52 Å². The molecule has 0 spiro atoms. The van der Waals surface area contributed by atoms with Crippen molar-refractivity contribution in [1.82, 2.24) is 4.98 Å². The third-order valence-electron chi connectivity index (χ3n) is 3.12. The molecular formula is C13H14N2. The van der Waals surface area contributed by atoms with Crippen LogP contribution in [0.1, 0.15) is 23.6 Å². The summed E-state index contributed by atoms with van der Waals surface area (Å²) >= 11 is 0. The minimum atomic E-state index is 0.357. The SMILES string of the molecule is Cc1cc(C2CC2N)c2ccccc2n1. The zero-order valence-corrected chi connectivity index (χ0v) is 8.77. The number of hydrogen-bond donors (Lipinski definition) is 1. The molecule has 3 rings (SSSR count). The Morgan fingerprint density at radius 3 is 2.80 bits per heavy atom. The number of pyridine rings is 1. The summed E-state index contributed by atoms with van der Waals surface area (Å²) in [6.45, 7) is 2.05. The highest BCUT2D eigenvalue weighted by Crippen LogP contribution is 2.41. The van der Waals surface area contributed by atoms with E-state index in [1.54, 1.807) is 0 Å². The Morgan fingerprint density at radius 1 is 1.33 bits per heavy atom. The molecule has 1 aromatic carbocycles. The van der Waals surface area contributed by atoms with Crippen molar-refractivity contribution in [1.29, 1.82) is 0 Å². The third kappa shape index (κ3) is 1.41. The average molecular weight is 198 g/mol. The second kappa shape index (κ2) is 3.04. The summed E-state index contributed by atoms with van der Waals surface area (Å²) < 4.78 is 0. The maximum Gasteiger partial charge on any atom is 0.0708 e. The van der Waals surface area contributed by atoms with Crippen molar-refractivity contribution in [3.63, 3.8) is 0 Å². The highest BCUT2D eigenvalue weighted by Gasteiger charge is 2.36. The van der Waals surface area contributed by atoms with Gasteiger partial charge in [0, 0.05) is 23.0 Å². The fraction of sp³-hybridized carbons (Fsp3) is 0.308. The standard InChI is InChI=1S/C13H14N2/c1-8-6-10(11-7-12(11)14)9-4-2-3-5-13(9)15-8/h2-6,11-12H,7,14H2,1H3. The second-order valence-electron chi connectivity index (χ2n) is 4.38. The number of nitrogens with two attached hydrogens (primary N) is 1. The number of fused-ring (bicyclic) bond motifs is 1. The van der Waals surface area contributed by atoms with Gasteiger partial charge >= 0.3 is 0 Å². The lowest BCUT2D eigenvalue weighted by molar-refractivity contribution is 0.992. The van der Waals surface area contributed by atoms with E-state index in [1.165, 1.54) is 10.9 Å². The van der Waals surface area contributed by atoms with Gasteiger partial charge in [0.1, 0.15) is 0 Å². The van der Waals surface area contributed by atoms with Gasteiger partial charge in [0.2, 0.25) is 0 Å². The minimum absolute atomic E-state index is 0.357. The molecule has 0 saturated heterocycles. The summed E-state index contributed by atoms with van der Waals surface area (Å²) in [6, 6.07) is 10.8. The summed E-state index contributed by atoms with van der Waals surface area (Å²) in [6.07, 6.45) is 1.12. The van der Waals surface area contributed by atoms with Gasteiger partial charge in [0.25, 0.3) is 0 Å². The van der Waals surface area contributed by atoms with Gasteiger partial charge < -0.3 is 5.73 Å². The number of rotatable bonds is 1. The van der Waals surface area contributed by atoms with E-state index in [9.17, 15) is 0 Å². The van der Waals surface area contributed by atoms with E-state index in [0.717, 1.165) is 17.6 Å². The van der Waals surface area contributed by atoms with Crippen LogP contribution in [-0.2, 0) is 0 Å². The van der Waals surface area contributed by atoms with Gasteiger partial charge in [-0.05, 0) is 31.0 Å². The topological polar surface area (TPSA) is 38.9 Å². The summed E-state index contributed by atoms with van der Waals surface area (Å²) in [4.78, 5) is 4.53. The van der Waals surface area contributed by atoms with E-state index in [1.807, 2.05) is 13.0 Å². The number of aryl methyl sites for hydroxylation is 1. The minimum Gasteiger partial charge on any atom is -0.327 e.